The Labute approximate surface area is 232 Å². The molecular weight excluding hydrogens is 480 g/mol. The van der Waals surface area contributed by atoms with Crippen molar-refractivity contribution in [1.29, 1.82) is 0 Å². The number of carboxylic acids is 1. The number of nitrogens with two attached hydrogens (primary N) is 1. The first-order valence-electron chi connectivity index (χ1n) is 13.5. The molecule has 0 fully saturated rings. The van der Waals surface area contributed by atoms with E-state index in [1.54, 1.807) is 0 Å². The Morgan fingerprint density at radius 2 is 1.49 bits per heavy atom. The molecule has 4 rings (SSSR count). The Morgan fingerprint density at radius 3 is 2.15 bits per heavy atom. The highest BCUT2D eigenvalue weighted by molar-refractivity contribution is 5.70. The van der Waals surface area contributed by atoms with Gasteiger partial charge in [0.25, 0.3) is 0 Å². The lowest BCUT2D eigenvalue weighted by molar-refractivity contribution is -0.479. The summed E-state index contributed by atoms with van der Waals surface area (Å²) in [6.45, 7) is 9.65. The third-order valence-electron chi connectivity index (χ3n) is 7.19. The van der Waals surface area contributed by atoms with Gasteiger partial charge in [0, 0.05) is 23.5 Å². The van der Waals surface area contributed by atoms with Crippen LogP contribution in [0.1, 0.15) is 50.8 Å². The predicted molar refractivity (Wildman–Crippen MR) is 160 cm³/mol. The Bertz CT molecular complexity index is 1390. The normalized spacial score (nSPS) is 13.8. The van der Waals surface area contributed by atoms with Gasteiger partial charge in [0.2, 0.25) is 0 Å². The van der Waals surface area contributed by atoms with Crippen LogP contribution < -0.4 is 5.32 Å². The van der Waals surface area contributed by atoms with E-state index in [1.165, 1.54) is 33.9 Å². The molecule has 1 heterocycles. The minimum atomic E-state index is -0.806. The van der Waals surface area contributed by atoms with E-state index in [0.29, 0.717) is 0 Å². The number of rotatable bonds is 10. The maximum absolute atomic E-state index is 10.9. The molecule has 1 aliphatic heterocycles. The van der Waals surface area contributed by atoms with E-state index in [2.05, 4.69) is 117 Å². The number of benzene rings is 3. The lowest BCUT2D eigenvalue weighted by Crippen LogP contribution is -2.71. The van der Waals surface area contributed by atoms with Crippen molar-refractivity contribution >= 4 is 17.3 Å². The van der Waals surface area contributed by atoms with Crippen LogP contribution in [0.2, 0.25) is 0 Å². The van der Waals surface area contributed by atoms with Crippen molar-refractivity contribution in [2.45, 2.75) is 52.5 Å². The number of quaternary nitrogens is 1. The molecule has 0 radical (unpaired) electrons. The molecular formula is C35H39N2O2+. The summed E-state index contributed by atoms with van der Waals surface area (Å²) in [4.78, 5) is 13.2. The van der Waals surface area contributed by atoms with Gasteiger partial charge in [-0.2, -0.15) is 0 Å². The first kappa shape index (κ1) is 27.9. The third-order valence-corrected chi connectivity index (χ3v) is 7.19. The van der Waals surface area contributed by atoms with Gasteiger partial charge >= 0.3 is 5.97 Å². The Hall–Kier alpha value is -4.15. The smallest absolute Gasteiger partial charge is 0.307 e. The van der Waals surface area contributed by atoms with Gasteiger partial charge in [0.05, 0.1) is 6.42 Å². The van der Waals surface area contributed by atoms with Crippen molar-refractivity contribution in [2.24, 2.45) is 0 Å². The SMILES string of the molecule is CC1=CC(=C/C=C/CC(C)(C)c2ccccc2[NH2+]c2ccccc2)C=C(C)N1Cc1ccc(CC(=O)O)cc1. The number of carboxylic acid groups (broad SMARTS) is 1. The fourth-order valence-electron chi connectivity index (χ4n) is 5.04. The van der Waals surface area contributed by atoms with Crippen molar-refractivity contribution in [3.63, 3.8) is 0 Å². The minimum Gasteiger partial charge on any atom is -0.481 e. The van der Waals surface area contributed by atoms with Gasteiger partial charge < -0.3 is 10.0 Å². The van der Waals surface area contributed by atoms with Gasteiger partial charge in [-0.05, 0) is 72.7 Å². The fraction of sp³-hybridized carbons (Fsp3) is 0.229. The number of hydrogen-bond acceptors (Lipinski definition) is 2. The quantitative estimate of drug-likeness (QED) is 0.276. The van der Waals surface area contributed by atoms with Crippen LogP contribution in [0.15, 0.2) is 126 Å². The van der Waals surface area contributed by atoms with Gasteiger partial charge in [-0.25, -0.2) is 0 Å². The molecule has 0 saturated carbocycles. The third kappa shape index (κ3) is 7.68. The lowest BCUT2D eigenvalue weighted by atomic mass is 9.80. The molecule has 0 aromatic heterocycles. The van der Waals surface area contributed by atoms with Gasteiger partial charge in [-0.15, -0.1) is 0 Å². The number of carbonyl (C=O) groups is 1. The number of nitrogens with zero attached hydrogens (tertiary/aromatic N) is 1. The van der Waals surface area contributed by atoms with Crippen LogP contribution in [-0.4, -0.2) is 16.0 Å². The highest BCUT2D eigenvalue weighted by Gasteiger charge is 2.24. The summed E-state index contributed by atoms with van der Waals surface area (Å²) in [5.74, 6) is -0.806. The Kier molecular flexibility index (Phi) is 9.00. The van der Waals surface area contributed by atoms with E-state index in [4.69, 9.17) is 5.11 Å². The fourth-order valence-corrected chi connectivity index (χ4v) is 5.04. The molecule has 0 spiro atoms. The van der Waals surface area contributed by atoms with Crippen molar-refractivity contribution < 1.29 is 15.2 Å². The van der Waals surface area contributed by atoms with Crippen molar-refractivity contribution in [3.05, 3.63) is 143 Å². The molecule has 4 nitrogen and oxygen atoms in total. The molecule has 200 valence electrons. The second-order valence-electron chi connectivity index (χ2n) is 10.9. The van der Waals surface area contributed by atoms with E-state index < -0.39 is 5.97 Å². The summed E-state index contributed by atoms with van der Waals surface area (Å²) in [7, 11) is 0. The predicted octanol–water partition coefficient (Wildman–Crippen LogP) is 7.31. The topological polar surface area (TPSA) is 57.2 Å². The summed E-state index contributed by atoms with van der Waals surface area (Å²) in [6.07, 6.45) is 12.0. The largest absolute Gasteiger partial charge is 0.481 e. The number of para-hydroxylation sites is 2. The van der Waals surface area contributed by atoms with Crippen LogP contribution in [0, 0.1) is 0 Å². The van der Waals surface area contributed by atoms with E-state index in [9.17, 15) is 4.79 Å². The zero-order valence-electron chi connectivity index (χ0n) is 23.4. The van der Waals surface area contributed by atoms with Crippen LogP contribution in [0.4, 0.5) is 11.4 Å². The monoisotopic (exact) mass is 519 g/mol. The zero-order chi connectivity index (χ0) is 27.8. The number of hydrogen-bond donors (Lipinski definition) is 2. The second-order valence-corrected chi connectivity index (χ2v) is 10.9. The summed E-state index contributed by atoms with van der Waals surface area (Å²) in [5.41, 5.74) is 9.37. The molecule has 3 aromatic carbocycles. The molecule has 3 aromatic rings. The van der Waals surface area contributed by atoms with Gasteiger partial charge in [-0.3, -0.25) is 10.1 Å². The molecule has 0 atom stereocenters. The summed E-state index contributed by atoms with van der Waals surface area (Å²) < 4.78 is 0. The Morgan fingerprint density at radius 1 is 0.872 bits per heavy atom. The molecule has 0 saturated heterocycles. The van der Waals surface area contributed by atoms with Gasteiger partial charge in [0.15, 0.2) is 0 Å². The molecule has 4 heteroatoms. The number of allylic oxidation sites excluding steroid dienone is 8. The van der Waals surface area contributed by atoms with Crippen LogP contribution in [-0.2, 0) is 23.2 Å². The maximum atomic E-state index is 10.9. The van der Waals surface area contributed by atoms with Crippen LogP contribution in [0.5, 0.6) is 0 Å². The number of aliphatic carboxylic acids is 1. The summed E-state index contributed by atoms with van der Waals surface area (Å²) in [6, 6.07) is 27.0. The Balaban J connectivity index is 1.39. The van der Waals surface area contributed by atoms with Gasteiger partial charge in [-0.1, -0.05) is 92.7 Å². The summed E-state index contributed by atoms with van der Waals surface area (Å²) >= 11 is 0. The first-order valence-corrected chi connectivity index (χ1v) is 13.5. The standard InChI is InChI=1S/C35H38N2O2/c1-26-22-30(23-27(2)37(26)25-29-19-17-28(18-20-29)24-34(38)39)12-10-11-21-35(3,4)32-15-8-9-16-33(32)36-31-13-6-5-7-14-31/h5-20,22-23,36H,21,24-25H2,1-4H3,(H,38,39)/p+1/b11-10+. The highest BCUT2D eigenvalue weighted by Crippen LogP contribution is 2.32. The van der Waals surface area contributed by atoms with E-state index in [1.807, 2.05) is 30.3 Å². The van der Waals surface area contributed by atoms with E-state index >= 15 is 0 Å². The molecule has 0 amide bonds. The van der Waals surface area contributed by atoms with E-state index in [-0.39, 0.29) is 11.8 Å². The van der Waals surface area contributed by atoms with Crippen molar-refractivity contribution in [2.75, 3.05) is 0 Å². The van der Waals surface area contributed by atoms with Gasteiger partial charge in [0.1, 0.15) is 11.4 Å². The molecule has 0 unspecified atom stereocenters. The van der Waals surface area contributed by atoms with Crippen LogP contribution in [0.25, 0.3) is 0 Å². The highest BCUT2D eigenvalue weighted by atomic mass is 16.4. The zero-order valence-corrected chi connectivity index (χ0v) is 23.4. The summed E-state index contributed by atoms with van der Waals surface area (Å²) in [5, 5.41) is 11.3. The lowest BCUT2D eigenvalue weighted by Gasteiger charge is -2.30. The molecule has 1 aliphatic rings. The van der Waals surface area contributed by atoms with Crippen molar-refractivity contribution in [1.82, 2.24) is 4.90 Å². The average Bonchev–Trinajstić information content (AvgIpc) is 2.90. The van der Waals surface area contributed by atoms with Crippen molar-refractivity contribution in [3.8, 4) is 0 Å². The maximum Gasteiger partial charge on any atom is 0.307 e. The van der Waals surface area contributed by atoms with Crippen LogP contribution >= 0.6 is 0 Å². The molecule has 39 heavy (non-hydrogen) atoms. The molecule has 0 bridgehead atoms. The minimum absolute atomic E-state index is 0.00221. The molecule has 0 aliphatic carbocycles. The first-order chi connectivity index (χ1) is 18.7. The van der Waals surface area contributed by atoms with Crippen LogP contribution in [0.3, 0.4) is 0 Å². The molecule has 3 N–H and O–H groups in total. The average molecular weight is 520 g/mol. The second kappa shape index (κ2) is 12.6. The van der Waals surface area contributed by atoms with E-state index in [0.717, 1.165) is 24.1 Å².